The average Bonchev–Trinajstić information content (AvgIpc) is 3.03. The summed E-state index contributed by atoms with van der Waals surface area (Å²) in [7, 11) is 2.17. The van der Waals surface area contributed by atoms with Crippen LogP contribution >= 0.6 is 11.3 Å². The van der Waals surface area contributed by atoms with Crippen LogP contribution in [-0.4, -0.2) is 60.5 Å². The van der Waals surface area contributed by atoms with Gasteiger partial charge in [0, 0.05) is 38.8 Å². The molecule has 6 heteroatoms. The lowest BCUT2D eigenvalue weighted by atomic mass is 10.0. The summed E-state index contributed by atoms with van der Waals surface area (Å²) < 4.78 is 0. The zero-order valence-electron chi connectivity index (χ0n) is 14.2. The molecule has 1 N–H and O–H groups in total. The van der Waals surface area contributed by atoms with Crippen molar-refractivity contribution in [3.63, 3.8) is 0 Å². The first-order valence-electron chi connectivity index (χ1n) is 8.31. The molecule has 0 bridgehead atoms. The Labute approximate surface area is 147 Å². The second-order valence-electron chi connectivity index (χ2n) is 6.25. The normalized spacial score (nSPS) is 19.3. The van der Waals surface area contributed by atoms with E-state index in [1.165, 1.54) is 16.9 Å². The topological polar surface area (TPSA) is 48.5 Å². The molecule has 1 amide bonds. The van der Waals surface area contributed by atoms with Crippen LogP contribution in [0.15, 0.2) is 35.8 Å². The van der Waals surface area contributed by atoms with Crippen molar-refractivity contribution >= 4 is 17.2 Å². The summed E-state index contributed by atoms with van der Waals surface area (Å²) in [4.78, 5) is 21.9. The van der Waals surface area contributed by atoms with Gasteiger partial charge in [-0.05, 0) is 19.5 Å². The Kier molecular flexibility index (Phi) is 5.60. The molecule has 0 saturated carbocycles. The Hall–Kier alpha value is -1.76. The third-order valence-corrected chi connectivity index (χ3v) is 5.44. The number of aromatic nitrogens is 1. The molecular formula is C18H24N4OS. The minimum atomic E-state index is -0.0135. The third kappa shape index (κ3) is 4.01. The molecule has 1 aromatic heterocycles. The first-order chi connectivity index (χ1) is 11.6. The molecule has 0 spiro atoms. The van der Waals surface area contributed by atoms with E-state index < -0.39 is 0 Å². The van der Waals surface area contributed by atoms with Crippen molar-refractivity contribution in [1.29, 1.82) is 0 Å². The van der Waals surface area contributed by atoms with Gasteiger partial charge in [-0.2, -0.15) is 0 Å². The highest BCUT2D eigenvalue weighted by molar-refractivity contribution is 7.11. The smallest absolute Gasteiger partial charge is 0.263 e. The summed E-state index contributed by atoms with van der Waals surface area (Å²) in [5, 5.41) is 3.03. The minimum absolute atomic E-state index is 0.0135. The predicted octanol–water partition coefficient (Wildman–Crippen LogP) is 2.17. The van der Waals surface area contributed by atoms with Crippen LogP contribution in [-0.2, 0) is 0 Å². The van der Waals surface area contributed by atoms with E-state index in [9.17, 15) is 4.79 Å². The van der Waals surface area contributed by atoms with E-state index in [2.05, 4.69) is 57.5 Å². The molecule has 1 aliphatic rings. The van der Waals surface area contributed by atoms with Crippen LogP contribution in [0.25, 0.3) is 0 Å². The van der Waals surface area contributed by atoms with Crippen LogP contribution in [0.3, 0.4) is 0 Å². The SMILES string of the molecule is Cc1ncsc1C(=O)NCCN1CCN(C)C[C@@H]1c1ccccc1. The number of nitrogens with zero attached hydrogens (tertiary/aromatic N) is 3. The number of piperazine rings is 1. The van der Waals surface area contributed by atoms with Gasteiger partial charge in [-0.1, -0.05) is 30.3 Å². The first kappa shape index (κ1) is 17.1. The largest absolute Gasteiger partial charge is 0.350 e. The van der Waals surface area contributed by atoms with Crippen LogP contribution in [0.1, 0.15) is 27.0 Å². The summed E-state index contributed by atoms with van der Waals surface area (Å²) in [6.07, 6.45) is 0. The molecule has 128 valence electrons. The molecule has 1 saturated heterocycles. The highest BCUT2D eigenvalue weighted by atomic mass is 32.1. The highest BCUT2D eigenvalue weighted by Crippen LogP contribution is 2.24. The maximum Gasteiger partial charge on any atom is 0.263 e. The van der Waals surface area contributed by atoms with Crippen molar-refractivity contribution in [1.82, 2.24) is 20.1 Å². The lowest BCUT2D eigenvalue weighted by molar-refractivity contribution is 0.0844. The molecule has 2 heterocycles. The maximum atomic E-state index is 12.2. The van der Waals surface area contributed by atoms with Crippen molar-refractivity contribution in [2.45, 2.75) is 13.0 Å². The number of rotatable bonds is 5. The van der Waals surface area contributed by atoms with E-state index in [0.717, 1.165) is 31.9 Å². The zero-order chi connectivity index (χ0) is 16.9. The Balaban J connectivity index is 1.58. The first-order valence-corrected chi connectivity index (χ1v) is 9.19. The van der Waals surface area contributed by atoms with Gasteiger partial charge in [0.25, 0.3) is 5.91 Å². The summed E-state index contributed by atoms with van der Waals surface area (Å²) >= 11 is 1.40. The summed E-state index contributed by atoms with van der Waals surface area (Å²) in [6.45, 7) is 6.49. The van der Waals surface area contributed by atoms with Gasteiger partial charge >= 0.3 is 0 Å². The molecule has 2 aromatic rings. The van der Waals surface area contributed by atoms with E-state index in [-0.39, 0.29) is 5.91 Å². The molecular weight excluding hydrogens is 320 g/mol. The summed E-state index contributed by atoms with van der Waals surface area (Å²) in [5.41, 5.74) is 3.86. The van der Waals surface area contributed by atoms with E-state index >= 15 is 0 Å². The van der Waals surface area contributed by atoms with Crippen molar-refractivity contribution in [2.75, 3.05) is 39.8 Å². The van der Waals surface area contributed by atoms with Crippen LogP contribution < -0.4 is 5.32 Å². The average molecular weight is 344 g/mol. The summed E-state index contributed by atoms with van der Waals surface area (Å²) in [6, 6.07) is 11.0. The number of thiazole rings is 1. The molecule has 1 fully saturated rings. The molecule has 1 aliphatic heterocycles. The van der Waals surface area contributed by atoms with Gasteiger partial charge in [-0.3, -0.25) is 9.69 Å². The molecule has 3 rings (SSSR count). The second-order valence-corrected chi connectivity index (χ2v) is 7.10. The standard InChI is InChI=1S/C18H24N4OS/c1-14-17(24-13-20-14)18(23)19-8-9-22-11-10-21(2)12-16(22)15-6-4-3-5-7-15/h3-7,13,16H,8-12H2,1-2H3,(H,19,23)/t16-/m1/s1. The molecule has 0 radical (unpaired) electrons. The Morgan fingerprint density at radius 3 is 2.83 bits per heavy atom. The van der Waals surface area contributed by atoms with Crippen molar-refractivity contribution in [3.8, 4) is 0 Å². The fourth-order valence-electron chi connectivity index (χ4n) is 3.13. The van der Waals surface area contributed by atoms with E-state index in [1.54, 1.807) is 5.51 Å². The molecule has 0 aliphatic carbocycles. The number of benzene rings is 1. The van der Waals surface area contributed by atoms with Crippen LogP contribution in [0.2, 0.25) is 0 Å². The van der Waals surface area contributed by atoms with Gasteiger partial charge in [-0.15, -0.1) is 11.3 Å². The Morgan fingerprint density at radius 1 is 1.33 bits per heavy atom. The van der Waals surface area contributed by atoms with Crippen LogP contribution in [0, 0.1) is 6.92 Å². The fourth-order valence-corrected chi connectivity index (χ4v) is 3.85. The number of carbonyl (C=O) groups excluding carboxylic acids is 1. The zero-order valence-corrected chi connectivity index (χ0v) is 15.1. The number of aryl methyl sites for hydroxylation is 1. The third-order valence-electron chi connectivity index (χ3n) is 4.51. The van der Waals surface area contributed by atoms with Gasteiger partial charge in [0.1, 0.15) is 4.88 Å². The fraction of sp³-hybridized carbons (Fsp3) is 0.444. The van der Waals surface area contributed by atoms with E-state index in [0.29, 0.717) is 17.5 Å². The van der Waals surface area contributed by atoms with Gasteiger partial charge in [0.15, 0.2) is 0 Å². The van der Waals surface area contributed by atoms with Crippen LogP contribution in [0.5, 0.6) is 0 Å². The van der Waals surface area contributed by atoms with Crippen molar-refractivity contribution < 1.29 is 4.79 Å². The van der Waals surface area contributed by atoms with Crippen molar-refractivity contribution in [2.24, 2.45) is 0 Å². The Morgan fingerprint density at radius 2 is 2.12 bits per heavy atom. The lowest BCUT2D eigenvalue weighted by Gasteiger charge is -2.40. The van der Waals surface area contributed by atoms with Gasteiger partial charge in [0.2, 0.25) is 0 Å². The number of hydrogen-bond acceptors (Lipinski definition) is 5. The van der Waals surface area contributed by atoms with Crippen LogP contribution in [0.4, 0.5) is 0 Å². The maximum absolute atomic E-state index is 12.2. The molecule has 5 nitrogen and oxygen atoms in total. The lowest BCUT2D eigenvalue weighted by Crippen LogP contribution is -2.48. The quantitative estimate of drug-likeness (QED) is 0.903. The minimum Gasteiger partial charge on any atom is -0.350 e. The summed E-state index contributed by atoms with van der Waals surface area (Å²) in [5.74, 6) is -0.0135. The monoisotopic (exact) mass is 344 g/mol. The molecule has 24 heavy (non-hydrogen) atoms. The molecule has 1 atom stereocenters. The van der Waals surface area contributed by atoms with E-state index in [4.69, 9.17) is 0 Å². The number of nitrogens with one attached hydrogen (secondary N) is 1. The van der Waals surface area contributed by atoms with Crippen molar-refractivity contribution in [3.05, 3.63) is 52.0 Å². The highest BCUT2D eigenvalue weighted by Gasteiger charge is 2.26. The number of hydrogen-bond donors (Lipinski definition) is 1. The predicted molar refractivity (Wildman–Crippen MR) is 97.4 cm³/mol. The molecule has 1 aromatic carbocycles. The van der Waals surface area contributed by atoms with Gasteiger partial charge in [0.05, 0.1) is 11.2 Å². The van der Waals surface area contributed by atoms with Gasteiger partial charge in [-0.25, -0.2) is 4.98 Å². The molecule has 0 unspecified atom stereocenters. The number of carbonyl (C=O) groups is 1. The number of likely N-dealkylation sites (N-methyl/N-ethyl adjacent to an activating group) is 1. The van der Waals surface area contributed by atoms with Gasteiger partial charge < -0.3 is 10.2 Å². The van der Waals surface area contributed by atoms with E-state index in [1.807, 2.05) is 6.92 Å². The second kappa shape index (κ2) is 7.88. The Bertz CT molecular complexity index is 673. The number of amides is 1.